The predicted octanol–water partition coefficient (Wildman–Crippen LogP) is 3.56. The fourth-order valence-electron chi connectivity index (χ4n) is 2.74. The lowest BCUT2D eigenvalue weighted by molar-refractivity contribution is 0.0998. The molecule has 1 N–H and O–H groups in total. The van der Waals surface area contributed by atoms with Crippen LogP contribution in [-0.2, 0) is 6.42 Å². The van der Waals surface area contributed by atoms with Gasteiger partial charge in [-0.1, -0.05) is 43.2 Å². The highest BCUT2D eigenvalue weighted by atomic mass is 16.3. The third kappa shape index (κ3) is 3.34. The summed E-state index contributed by atoms with van der Waals surface area (Å²) in [7, 11) is 0. The topological polar surface area (TPSA) is 20.2 Å². The molecule has 0 aromatic heterocycles. The second-order valence-electron chi connectivity index (χ2n) is 4.99. The van der Waals surface area contributed by atoms with E-state index in [9.17, 15) is 5.11 Å². The summed E-state index contributed by atoms with van der Waals surface area (Å²) < 4.78 is 0. The lowest BCUT2D eigenvalue weighted by atomic mass is 9.95. The Bertz CT molecular complexity index is 288. The fraction of sp³-hybridized carbons (Fsp3) is 0.600. The van der Waals surface area contributed by atoms with Crippen molar-refractivity contribution in [3.63, 3.8) is 0 Å². The number of benzene rings is 1. The molecule has 1 atom stereocenters. The highest BCUT2D eigenvalue weighted by Gasteiger charge is 2.22. The summed E-state index contributed by atoms with van der Waals surface area (Å²) >= 11 is 0. The van der Waals surface area contributed by atoms with Crippen molar-refractivity contribution in [2.24, 2.45) is 5.92 Å². The van der Waals surface area contributed by atoms with Gasteiger partial charge < -0.3 is 5.11 Å². The summed E-state index contributed by atoms with van der Waals surface area (Å²) in [4.78, 5) is 0. The standard InChI is InChI=1S/C15H22O/c16-15(14-10-4-5-11-14)12-6-9-13-7-2-1-3-8-13/h1-3,7-8,14-16H,4-6,9-12H2. The Kier molecular flexibility index (Phi) is 4.41. The van der Waals surface area contributed by atoms with Crippen LogP contribution in [0.4, 0.5) is 0 Å². The lowest BCUT2D eigenvalue weighted by Crippen LogP contribution is -2.17. The molecule has 1 unspecified atom stereocenters. The molecular weight excluding hydrogens is 196 g/mol. The van der Waals surface area contributed by atoms with Gasteiger partial charge in [-0.15, -0.1) is 0 Å². The van der Waals surface area contributed by atoms with Crippen LogP contribution in [0.2, 0.25) is 0 Å². The van der Waals surface area contributed by atoms with Gasteiger partial charge in [0.25, 0.3) is 0 Å². The summed E-state index contributed by atoms with van der Waals surface area (Å²) in [6, 6.07) is 10.6. The molecule has 1 aliphatic rings. The van der Waals surface area contributed by atoms with E-state index in [1.54, 1.807) is 0 Å². The first-order valence-electron chi connectivity index (χ1n) is 6.58. The molecule has 16 heavy (non-hydrogen) atoms. The van der Waals surface area contributed by atoms with Gasteiger partial charge in [-0.25, -0.2) is 0 Å². The SMILES string of the molecule is OC(CCCc1ccccc1)C1CCCC1. The molecule has 2 rings (SSSR count). The van der Waals surface area contributed by atoms with Gasteiger partial charge in [0.05, 0.1) is 6.10 Å². The lowest BCUT2D eigenvalue weighted by Gasteiger charge is -2.17. The highest BCUT2D eigenvalue weighted by molar-refractivity contribution is 5.14. The van der Waals surface area contributed by atoms with Crippen LogP contribution in [0, 0.1) is 5.92 Å². The van der Waals surface area contributed by atoms with Crippen LogP contribution < -0.4 is 0 Å². The highest BCUT2D eigenvalue weighted by Crippen LogP contribution is 2.29. The van der Waals surface area contributed by atoms with E-state index in [-0.39, 0.29) is 6.10 Å². The molecule has 1 aliphatic carbocycles. The smallest absolute Gasteiger partial charge is 0.0568 e. The number of hydrogen-bond donors (Lipinski definition) is 1. The maximum Gasteiger partial charge on any atom is 0.0568 e. The number of rotatable bonds is 5. The van der Waals surface area contributed by atoms with Crippen LogP contribution in [0.25, 0.3) is 0 Å². The van der Waals surface area contributed by atoms with Crippen molar-refractivity contribution < 1.29 is 5.11 Å². The van der Waals surface area contributed by atoms with Gasteiger partial charge in [0.1, 0.15) is 0 Å². The molecule has 0 heterocycles. The van der Waals surface area contributed by atoms with Gasteiger partial charge in [-0.2, -0.15) is 0 Å². The van der Waals surface area contributed by atoms with Crippen molar-refractivity contribution in [1.29, 1.82) is 0 Å². The molecule has 88 valence electrons. The van der Waals surface area contributed by atoms with E-state index in [1.165, 1.54) is 31.2 Å². The van der Waals surface area contributed by atoms with Crippen LogP contribution in [0.15, 0.2) is 30.3 Å². The zero-order chi connectivity index (χ0) is 11.2. The molecular formula is C15H22O. The molecule has 1 fully saturated rings. The van der Waals surface area contributed by atoms with Crippen molar-refractivity contribution in [2.45, 2.75) is 51.0 Å². The zero-order valence-electron chi connectivity index (χ0n) is 9.94. The van der Waals surface area contributed by atoms with Crippen LogP contribution in [-0.4, -0.2) is 11.2 Å². The van der Waals surface area contributed by atoms with Crippen molar-refractivity contribution in [2.75, 3.05) is 0 Å². The summed E-state index contributed by atoms with van der Waals surface area (Å²) in [6.45, 7) is 0. The first-order valence-corrected chi connectivity index (χ1v) is 6.58. The monoisotopic (exact) mass is 218 g/mol. The minimum atomic E-state index is -0.0498. The Morgan fingerprint density at radius 2 is 1.81 bits per heavy atom. The molecule has 0 aliphatic heterocycles. The third-order valence-electron chi connectivity index (χ3n) is 3.75. The normalized spacial score (nSPS) is 18.8. The van der Waals surface area contributed by atoms with E-state index in [2.05, 4.69) is 30.3 Å². The van der Waals surface area contributed by atoms with Gasteiger partial charge in [0, 0.05) is 0 Å². The zero-order valence-corrected chi connectivity index (χ0v) is 9.94. The summed E-state index contributed by atoms with van der Waals surface area (Å²) in [6.07, 6.45) is 8.26. The Balaban J connectivity index is 1.67. The molecule has 0 saturated heterocycles. The molecule has 1 heteroatoms. The molecule has 0 spiro atoms. The van der Waals surface area contributed by atoms with Gasteiger partial charge in [-0.05, 0) is 43.6 Å². The van der Waals surface area contributed by atoms with Crippen LogP contribution in [0.5, 0.6) is 0 Å². The van der Waals surface area contributed by atoms with Crippen LogP contribution in [0.1, 0.15) is 44.1 Å². The largest absolute Gasteiger partial charge is 0.393 e. The molecule has 0 amide bonds. The van der Waals surface area contributed by atoms with Crippen LogP contribution >= 0.6 is 0 Å². The average molecular weight is 218 g/mol. The molecule has 1 saturated carbocycles. The second kappa shape index (κ2) is 6.05. The van der Waals surface area contributed by atoms with E-state index in [0.29, 0.717) is 5.92 Å². The summed E-state index contributed by atoms with van der Waals surface area (Å²) in [5.41, 5.74) is 1.39. The van der Waals surface area contributed by atoms with Crippen molar-refractivity contribution in [1.82, 2.24) is 0 Å². The van der Waals surface area contributed by atoms with Crippen molar-refractivity contribution in [3.05, 3.63) is 35.9 Å². The van der Waals surface area contributed by atoms with Crippen LogP contribution in [0.3, 0.4) is 0 Å². The van der Waals surface area contributed by atoms with E-state index in [4.69, 9.17) is 0 Å². The Labute approximate surface area is 98.5 Å². The molecule has 1 aromatic carbocycles. The van der Waals surface area contributed by atoms with Gasteiger partial charge >= 0.3 is 0 Å². The Morgan fingerprint density at radius 1 is 1.12 bits per heavy atom. The van der Waals surface area contributed by atoms with Crippen molar-refractivity contribution in [3.8, 4) is 0 Å². The minimum Gasteiger partial charge on any atom is -0.393 e. The first-order chi connectivity index (χ1) is 7.86. The maximum absolute atomic E-state index is 10.0. The Hall–Kier alpha value is -0.820. The number of aliphatic hydroxyl groups excluding tert-OH is 1. The van der Waals surface area contributed by atoms with E-state index in [0.717, 1.165) is 19.3 Å². The van der Waals surface area contributed by atoms with E-state index < -0.39 is 0 Å². The van der Waals surface area contributed by atoms with Gasteiger partial charge in [0.15, 0.2) is 0 Å². The number of aryl methyl sites for hydroxylation is 1. The average Bonchev–Trinajstić information content (AvgIpc) is 2.84. The predicted molar refractivity (Wildman–Crippen MR) is 67.3 cm³/mol. The molecule has 0 bridgehead atoms. The second-order valence-corrected chi connectivity index (χ2v) is 4.99. The minimum absolute atomic E-state index is 0.0498. The number of aliphatic hydroxyl groups is 1. The first kappa shape index (κ1) is 11.7. The summed E-state index contributed by atoms with van der Waals surface area (Å²) in [5, 5.41) is 10.0. The van der Waals surface area contributed by atoms with E-state index in [1.807, 2.05) is 0 Å². The molecule has 1 aromatic rings. The molecule has 1 nitrogen and oxygen atoms in total. The summed E-state index contributed by atoms with van der Waals surface area (Å²) in [5.74, 6) is 0.593. The van der Waals surface area contributed by atoms with E-state index >= 15 is 0 Å². The number of hydrogen-bond acceptors (Lipinski definition) is 1. The third-order valence-corrected chi connectivity index (χ3v) is 3.75. The van der Waals surface area contributed by atoms with Gasteiger partial charge in [-0.3, -0.25) is 0 Å². The maximum atomic E-state index is 10.0. The quantitative estimate of drug-likeness (QED) is 0.801. The molecule has 0 radical (unpaired) electrons. The van der Waals surface area contributed by atoms with Crippen molar-refractivity contribution >= 4 is 0 Å². The fourth-order valence-corrected chi connectivity index (χ4v) is 2.74. The Morgan fingerprint density at radius 3 is 2.50 bits per heavy atom. The van der Waals surface area contributed by atoms with Gasteiger partial charge in [0.2, 0.25) is 0 Å².